The number of nitrogens with two attached hydrogens (primary N) is 3. The number of carbonyl (C=O) groups is 3. The van der Waals surface area contributed by atoms with E-state index < -0.39 is 0 Å². The van der Waals surface area contributed by atoms with E-state index >= 15 is 0 Å². The lowest BCUT2D eigenvalue weighted by atomic mass is 9.74. The number of nitrogens with zero attached hydrogens (tertiary/aromatic N) is 3. The maximum absolute atomic E-state index is 13.7. The molecular formula is C75H80N6O6. The highest BCUT2D eigenvalue weighted by Crippen LogP contribution is 2.49. The number of likely N-dealkylation sites (tertiary alicyclic amines) is 3. The first-order valence-electron chi connectivity index (χ1n) is 31.0. The zero-order valence-electron chi connectivity index (χ0n) is 50.3. The summed E-state index contributed by atoms with van der Waals surface area (Å²) in [4.78, 5) is 45.5. The fraction of sp³-hybridized carbons (Fsp3) is 0.320. The number of aryl methyl sites for hydroxylation is 1. The molecule has 6 N–H and O–H groups in total. The van der Waals surface area contributed by atoms with Crippen LogP contribution in [-0.4, -0.2) is 91.5 Å². The average Bonchev–Trinajstić information content (AvgIpc) is 2.14. The molecule has 0 radical (unpaired) electrons. The molecule has 7 aliphatic rings. The second-order valence-electron chi connectivity index (χ2n) is 24.7. The normalized spacial score (nSPS) is 18.2. The molecule has 3 saturated heterocycles. The van der Waals surface area contributed by atoms with E-state index in [-0.39, 0.29) is 34.0 Å². The summed E-state index contributed by atoms with van der Waals surface area (Å²) in [6.07, 6.45) is 11.9. The minimum atomic E-state index is -0.0205. The molecule has 1 aliphatic carbocycles. The highest BCUT2D eigenvalue weighted by molar-refractivity contribution is 6.24. The molecule has 7 aromatic rings. The largest absolute Gasteiger partial charge is 0.492 e. The number of benzene rings is 7. The quantitative estimate of drug-likeness (QED) is 0.0942. The van der Waals surface area contributed by atoms with E-state index in [0.717, 1.165) is 138 Å². The number of rotatable bonds is 9. The monoisotopic (exact) mass is 1160 g/mol. The number of piperidine rings is 3. The van der Waals surface area contributed by atoms with Gasteiger partial charge in [0.05, 0.1) is 19.8 Å². The van der Waals surface area contributed by atoms with Crippen molar-refractivity contribution in [3.05, 3.63) is 242 Å². The van der Waals surface area contributed by atoms with E-state index in [2.05, 4.69) is 56.3 Å². The summed E-state index contributed by atoms with van der Waals surface area (Å²) in [6, 6.07) is 55.3. The van der Waals surface area contributed by atoms with E-state index in [9.17, 15) is 14.4 Å². The fourth-order valence-corrected chi connectivity index (χ4v) is 14.1. The van der Waals surface area contributed by atoms with Crippen molar-refractivity contribution in [2.24, 2.45) is 17.2 Å². The predicted octanol–water partition coefficient (Wildman–Crippen LogP) is 11.5. The lowest BCUT2D eigenvalue weighted by molar-refractivity contribution is -0.129. The summed E-state index contributed by atoms with van der Waals surface area (Å²) in [5.41, 5.74) is 34.4. The van der Waals surface area contributed by atoms with Crippen LogP contribution in [0.3, 0.4) is 0 Å². The Kier molecular flexibility index (Phi) is 17.2. The predicted molar refractivity (Wildman–Crippen MR) is 346 cm³/mol. The van der Waals surface area contributed by atoms with Gasteiger partial charge in [0, 0.05) is 115 Å². The molecule has 6 heterocycles. The molecule has 12 nitrogen and oxygen atoms in total. The molecule has 0 saturated carbocycles. The molecular weight excluding hydrogens is 1080 g/mol. The first kappa shape index (κ1) is 58.8. The van der Waals surface area contributed by atoms with Gasteiger partial charge in [0.25, 0.3) is 5.91 Å². The second-order valence-corrected chi connectivity index (χ2v) is 24.7. The zero-order chi connectivity index (χ0) is 60.1. The molecule has 7 aromatic carbocycles. The highest BCUT2D eigenvalue weighted by Gasteiger charge is 2.47. The molecule has 3 amide bonds. The van der Waals surface area contributed by atoms with Crippen LogP contribution in [0.1, 0.15) is 112 Å². The molecule has 446 valence electrons. The lowest BCUT2D eigenvalue weighted by Crippen LogP contribution is -2.46. The van der Waals surface area contributed by atoms with Crippen molar-refractivity contribution in [1.82, 2.24) is 14.7 Å². The number of hydrogen-bond acceptors (Lipinski definition) is 9. The van der Waals surface area contributed by atoms with Crippen molar-refractivity contribution in [2.75, 3.05) is 59.1 Å². The Hall–Kier alpha value is -8.55. The van der Waals surface area contributed by atoms with Crippen molar-refractivity contribution in [3.8, 4) is 17.2 Å². The van der Waals surface area contributed by atoms with Crippen LogP contribution in [0.5, 0.6) is 17.2 Å². The first-order valence-corrected chi connectivity index (χ1v) is 31.0. The molecule has 6 aliphatic heterocycles. The Morgan fingerprint density at radius 1 is 0.506 bits per heavy atom. The standard InChI is InChI=1S/C28H28N2O2.C24H26N2O2.C23H26N2O2/c29-19-22-11-12-26-25(18-22)28(20-32-26)13-15-30(16-14-28)27(31)24(23-9-5-2-6-10-23)17-21-7-3-1-4-8-21;1-16-19-5-3-2-4-18(19)13-20(16)23(27)26-10-8-24(9-11-26)15-28-22-7-6-17(14-25)12-21(22)24;1-17-4-2-3-5-19(17)7-9-22(26)25-12-10-23(11-13-25)16-27-21-8-6-18(15-24)14-20(21)23/h1-12,17-18H,13-16,19-20,29H2;2-7,12H,8-11,13-15,25H2,1H3;2-9,14H,10-13,15-16,24H2,1H3/b24-17+;;9-7+. The molecule has 12 heteroatoms. The molecule has 87 heavy (non-hydrogen) atoms. The van der Waals surface area contributed by atoms with Gasteiger partial charge < -0.3 is 46.1 Å². The Morgan fingerprint density at radius 2 is 0.954 bits per heavy atom. The summed E-state index contributed by atoms with van der Waals surface area (Å²) < 4.78 is 18.0. The lowest BCUT2D eigenvalue weighted by Gasteiger charge is -2.39. The van der Waals surface area contributed by atoms with Crippen LogP contribution >= 0.6 is 0 Å². The maximum Gasteiger partial charge on any atom is 0.254 e. The van der Waals surface area contributed by atoms with Gasteiger partial charge >= 0.3 is 0 Å². The van der Waals surface area contributed by atoms with E-state index in [1.807, 2.05) is 148 Å². The molecule has 3 fully saturated rings. The van der Waals surface area contributed by atoms with Crippen LogP contribution in [0.25, 0.3) is 23.3 Å². The van der Waals surface area contributed by atoms with Crippen LogP contribution < -0.4 is 31.4 Å². The van der Waals surface area contributed by atoms with Crippen LogP contribution in [0.15, 0.2) is 175 Å². The summed E-state index contributed by atoms with van der Waals surface area (Å²) in [5, 5.41) is 0. The van der Waals surface area contributed by atoms with Gasteiger partial charge in [0.2, 0.25) is 11.8 Å². The number of carbonyl (C=O) groups excluding carboxylic acids is 3. The molecule has 0 bridgehead atoms. The molecule has 0 unspecified atom stereocenters. The highest BCUT2D eigenvalue weighted by atomic mass is 16.5. The van der Waals surface area contributed by atoms with Gasteiger partial charge in [-0.3, -0.25) is 14.4 Å². The number of allylic oxidation sites excluding steroid dienone is 1. The van der Waals surface area contributed by atoms with Crippen LogP contribution in [0.4, 0.5) is 0 Å². The Bertz CT molecular complexity index is 3770. The van der Waals surface area contributed by atoms with E-state index in [1.54, 1.807) is 6.08 Å². The smallest absolute Gasteiger partial charge is 0.254 e. The van der Waals surface area contributed by atoms with E-state index in [0.29, 0.717) is 52.5 Å². The Morgan fingerprint density at radius 3 is 1.45 bits per heavy atom. The third kappa shape index (κ3) is 12.0. The van der Waals surface area contributed by atoms with Crippen molar-refractivity contribution in [3.63, 3.8) is 0 Å². The van der Waals surface area contributed by atoms with Gasteiger partial charge in [-0.05, 0) is 138 Å². The van der Waals surface area contributed by atoms with Gasteiger partial charge in [0.1, 0.15) is 17.2 Å². The molecule has 14 rings (SSSR count). The van der Waals surface area contributed by atoms with Gasteiger partial charge in [-0.1, -0.05) is 146 Å². The molecule has 0 aromatic heterocycles. The van der Waals surface area contributed by atoms with Crippen molar-refractivity contribution in [1.29, 1.82) is 0 Å². The minimum Gasteiger partial charge on any atom is -0.492 e. The van der Waals surface area contributed by atoms with Crippen molar-refractivity contribution >= 4 is 41.0 Å². The SMILES string of the molecule is CC1=C(C(=O)N2CCC3(CC2)COc2ccc(CN)cc23)Cc2ccccc21.Cc1ccccc1/C=C/C(=O)N1CCC2(CC1)COc1ccc(CN)cc12.NCc1ccc2c(c1)C1(CCN(C(=O)/C(=C/c3ccccc3)c3ccccc3)CC1)CO2. The second kappa shape index (κ2) is 25.4. The van der Waals surface area contributed by atoms with Crippen LogP contribution in [-0.2, 0) is 56.7 Å². The number of ether oxygens (including phenoxy) is 3. The van der Waals surface area contributed by atoms with Gasteiger partial charge in [-0.2, -0.15) is 0 Å². The Balaban J connectivity index is 0.000000128. The average molecular weight is 1160 g/mol. The van der Waals surface area contributed by atoms with Gasteiger partial charge in [0.15, 0.2) is 0 Å². The fourth-order valence-electron chi connectivity index (χ4n) is 14.1. The topological polar surface area (TPSA) is 167 Å². The summed E-state index contributed by atoms with van der Waals surface area (Å²) in [7, 11) is 0. The van der Waals surface area contributed by atoms with Crippen molar-refractivity contribution in [2.45, 2.75) is 94.7 Å². The summed E-state index contributed by atoms with van der Waals surface area (Å²) in [5.74, 6) is 3.32. The number of hydrogen-bond donors (Lipinski definition) is 3. The summed E-state index contributed by atoms with van der Waals surface area (Å²) >= 11 is 0. The van der Waals surface area contributed by atoms with E-state index in [4.69, 9.17) is 31.4 Å². The van der Waals surface area contributed by atoms with E-state index in [1.165, 1.54) is 33.4 Å². The van der Waals surface area contributed by atoms with Crippen LogP contribution in [0, 0.1) is 6.92 Å². The first-order chi connectivity index (χ1) is 42.4. The third-order valence-corrected chi connectivity index (χ3v) is 19.6. The molecule has 3 spiro atoms. The summed E-state index contributed by atoms with van der Waals surface area (Å²) in [6.45, 7) is 12.4. The van der Waals surface area contributed by atoms with Crippen molar-refractivity contribution < 1.29 is 28.6 Å². The number of fused-ring (bicyclic) bond motifs is 7. The minimum absolute atomic E-state index is 0.0205. The van der Waals surface area contributed by atoms with Gasteiger partial charge in [-0.15, -0.1) is 0 Å². The van der Waals surface area contributed by atoms with Crippen LogP contribution in [0.2, 0.25) is 0 Å². The number of amides is 3. The molecule has 0 atom stereocenters. The third-order valence-electron chi connectivity index (χ3n) is 19.6. The zero-order valence-corrected chi connectivity index (χ0v) is 50.3. The van der Waals surface area contributed by atoms with Gasteiger partial charge in [-0.25, -0.2) is 0 Å². The Labute approximate surface area is 512 Å². The maximum atomic E-state index is 13.7.